The first-order chi connectivity index (χ1) is 22.1. The van der Waals surface area contributed by atoms with Crippen molar-refractivity contribution in [2.75, 3.05) is 36.8 Å². The highest BCUT2D eigenvalue weighted by Gasteiger charge is 2.21. The number of imidazole rings is 1. The highest BCUT2D eigenvalue weighted by molar-refractivity contribution is 5.84. The summed E-state index contributed by atoms with van der Waals surface area (Å²) in [5.41, 5.74) is 13.1. The molecule has 5 heterocycles. The first kappa shape index (κ1) is 27.7. The number of nitrogens with zero attached hydrogens (tertiary/aromatic N) is 10. The van der Waals surface area contributed by atoms with Crippen LogP contribution in [0.5, 0.6) is 0 Å². The van der Waals surface area contributed by atoms with Crippen LogP contribution in [0.3, 0.4) is 0 Å². The molecule has 6 aromatic rings. The largest absolute Gasteiger partial charge is 0.383 e. The van der Waals surface area contributed by atoms with Crippen LogP contribution in [0.1, 0.15) is 16.8 Å². The molecule has 1 aliphatic rings. The predicted octanol–water partition coefficient (Wildman–Crippen LogP) is 4.59. The maximum absolute atomic E-state index is 9.41. The van der Waals surface area contributed by atoms with Crippen molar-refractivity contribution in [3.63, 3.8) is 0 Å². The number of hydrogen-bond acceptors (Lipinski definition) is 10. The Hall–Kier alpha value is -6.17. The van der Waals surface area contributed by atoms with Crippen molar-refractivity contribution in [2.24, 2.45) is 0 Å². The number of anilines is 2. The van der Waals surface area contributed by atoms with Crippen LogP contribution in [0.25, 0.3) is 39.5 Å². The third-order valence-electron chi connectivity index (χ3n) is 7.94. The molecule has 0 saturated carbocycles. The van der Waals surface area contributed by atoms with E-state index in [-0.39, 0.29) is 0 Å². The number of hydrogen-bond donors (Lipinski definition) is 1. The topological polar surface area (TPSA) is 149 Å². The van der Waals surface area contributed by atoms with Crippen molar-refractivity contribution in [3.05, 3.63) is 108 Å². The summed E-state index contributed by atoms with van der Waals surface area (Å²) in [6.45, 7) is 4.21. The molecule has 2 N–H and O–H groups in total. The molecule has 1 fully saturated rings. The maximum atomic E-state index is 9.41. The lowest BCUT2D eigenvalue weighted by molar-refractivity contribution is 0.249. The number of pyridine rings is 2. The molecule has 0 radical (unpaired) electrons. The summed E-state index contributed by atoms with van der Waals surface area (Å²) in [4.78, 5) is 27.2. The Labute approximate surface area is 259 Å². The molecule has 11 nitrogen and oxygen atoms in total. The van der Waals surface area contributed by atoms with Crippen molar-refractivity contribution < 1.29 is 0 Å². The minimum Gasteiger partial charge on any atom is -0.383 e. The van der Waals surface area contributed by atoms with E-state index in [1.807, 2.05) is 47.0 Å². The molecule has 218 valence electrons. The Kier molecular flexibility index (Phi) is 7.28. The number of rotatable bonds is 6. The highest BCUT2D eigenvalue weighted by atomic mass is 15.3. The van der Waals surface area contributed by atoms with Gasteiger partial charge in [0.15, 0.2) is 11.5 Å². The van der Waals surface area contributed by atoms with Crippen LogP contribution >= 0.6 is 0 Å². The van der Waals surface area contributed by atoms with Gasteiger partial charge >= 0.3 is 0 Å². The zero-order valence-corrected chi connectivity index (χ0v) is 24.2. The second kappa shape index (κ2) is 11.8. The summed E-state index contributed by atoms with van der Waals surface area (Å²) in [5, 5.41) is 18.6. The number of benzene rings is 2. The Morgan fingerprint density at radius 3 is 2.42 bits per heavy atom. The summed E-state index contributed by atoms with van der Waals surface area (Å²) < 4.78 is 2.01. The van der Waals surface area contributed by atoms with Gasteiger partial charge < -0.3 is 10.6 Å². The van der Waals surface area contributed by atoms with Crippen LogP contribution in [0.15, 0.2) is 91.4 Å². The molecule has 7 rings (SSSR count). The van der Waals surface area contributed by atoms with Gasteiger partial charge in [-0.05, 0) is 54.1 Å². The molecule has 0 atom stereocenters. The molecule has 4 aromatic heterocycles. The lowest BCUT2D eigenvalue weighted by Gasteiger charge is -2.35. The van der Waals surface area contributed by atoms with Crippen molar-refractivity contribution in [1.82, 2.24) is 34.4 Å². The van der Waals surface area contributed by atoms with Gasteiger partial charge in [-0.2, -0.15) is 10.5 Å². The molecule has 2 aromatic carbocycles. The van der Waals surface area contributed by atoms with Gasteiger partial charge in [0.2, 0.25) is 0 Å². The molecule has 45 heavy (non-hydrogen) atoms. The van der Waals surface area contributed by atoms with E-state index in [0.29, 0.717) is 28.5 Å². The molecule has 0 amide bonds. The Bertz CT molecular complexity index is 2100. The molecular weight excluding hydrogens is 562 g/mol. The Balaban J connectivity index is 1.18. The summed E-state index contributed by atoms with van der Waals surface area (Å²) in [5.74, 6) is 1.83. The van der Waals surface area contributed by atoms with Crippen molar-refractivity contribution >= 4 is 22.8 Å². The number of piperazine rings is 1. The second-order valence-electron chi connectivity index (χ2n) is 10.7. The van der Waals surface area contributed by atoms with Crippen LogP contribution in [0.2, 0.25) is 0 Å². The summed E-state index contributed by atoms with van der Waals surface area (Å²) in [7, 11) is 0. The van der Waals surface area contributed by atoms with E-state index in [1.165, 1.54) is 11.9 Å². The molecule has 0 bridgehead atoms. The Morgan fingerprint density at radius 2 is 1.64 bits per heavy atom. The fraction of sp³-hybridized carbons (Fsp3) is 0.147. The van der Waals surface area contributed by atoms with Crippen molar-refractivity contribution in [1.29, 1.82) is 10.5 Å². The molecule has 11 heteroatoms. The van der Waals surface area contributed by atoms with Gasteiger partial charge in [-0.1, -0.05) is 24.3 Å². The molecule has 1 aliphatic heterocycles. The van der Waals surface area contributed by atoms with E-state index in [1.54, 1.807) is 18.3 Å². The minimum atomic E-state index is 0.377. The van der Waals surface area contributed by atoms with E-state index in [0.717, 1.165) is 66.6 Å². The van der Waals surface area contributed by atoms with E-state index >= 15 is 0 Å². The third kappa shape index (κ3) is 5.52. The van der Waals surface area contributed by atoms with Crippen LogP contribution in [0.4, 0.5) is 11.6 Å². The van der Waals surface area contributed by atoms with Crippen LogP contribution in [-0.2, 0) is 6.54 Å². The van der Waals surface area contributed by atoms with Gasteiger partial charge in [-0.25, -0.2) is 24.9 Å². The standard InChI is InChI=1S/C34H27N11/c35-19-24-3-1-4-25(17-24)29-10-11-30-34(41-29)45(33(42-30)28-5-2-12-38-32(28)37)27-8-6-23(7-9-27)21-43-13-15-44(16-14-43)31-18-26(20-36)39-22-40-31/h1-12,17-18,22H,13-16,21H2,(H2,37,38). The van der Waals surface area contributed by atoms with Crippen molar-refractivity contribution in [3.8, 4) is 40.5 Å². The highest BCUT2D eigenvalue weighted by Crippen LogP contribution is 2.32. The van der Waals surface area contributed by atoms with Gasteiger partial charge in [0, 0.05) is 56.2 Å². The zero-order valence-electron chi connectivity index (χ0n) is 24.2. The molecular formula is C34H27N11. The third-order valence-corrected chi connectivity index (χ3v) is 7.94. The van der Waals surface area contributed by atoms with Gasteiger partial charge in [0.05, 0.1) is 22.9 Å². The average Bonchev–Trinajstić information content (AvgIpc) is 3.48. The van der Waals surface area contributed by atoms with Gasteiger partial charge in [-0.15, -0.1) is 0 Å². The normalized spacial score (nSPS) is 13.4. The van der Waals surface area contributed by atoms with E-state index in [2.05, 4.69) is 61.2 Å². The fourth-order valence-corrected chi connectivity index (χ4v) is 5.62. The van der Waals surface area contributed by atoms with Crippen LogP contribution < -0.4 is 10.6 Å². The maximum Gasteiger partial charge on any atom is 0.165 e. The van der Waals surface area contributed by atoms with Gasteiger partial charge in [0.1, 0.15) is 35.2 Å². The van der Waals surface area contributed by atoms with Crippen LogP contribution in [0, 0.1) is 22.7 Å². The molecule has 0 unspecified atom stereocenters. The molecule has 0 spiro atoms. The van der Waals surface area contributed by atoms with Gasteiger partial charge in [-0.3, -0.25) is 9.47 Å². The monoisotopic (exact) mass is 589 g/mol. The van der Waals surface area contributed by atoms with Crippen LogP contribution in [-0.4, -0.2) is 60.6 Å². The smallest absolute Gasteiger partial charge is 0.165 e. The fourth-order valence-electron chi connectivity index (χ4n) is 5.62. The zero-order chi connectivity index (χ0) is 30.8. The average molecular weight is 590 g/mol. The summed E-state index contributed by atoms with van der Waals surface area (Å²) in [6, 6.07) is 29.5. The Morgan fingerprint density at radius 1 is 0.800 bits per heavy atom. The summed E-state index contributed by atoms with van der Waals surface area (Å²) >= 11 is 0. The van der Waals surface area contributed by atoms with E-state index in [4.69, 9.17) is 21.0 Å². The van der Waals surface area contributed by atoms with E-state index in [9.17, 15) is 5.26 Å². The first-order valence-corrected chi connectivity index (χ1v) is 14.5. The number of nitrogens with two attached hydrogens (primary N) is 1. The lowest BCUT2D eigenvalue weighted by atomic mass is 10.1. The SMILES string of the molecule is N#Cc1cccc(-c2ccc3nc(-c4cccnc4N)n(-c4ccc(CN5CCN(c6cc(C#N)ncn6)CC5)cc4)c3n2)c1. The predicted molar refractivity (Wildman–Crippen MR) is 171 cm³/mol. The number of nitrogen functional groups attached to an aromatic ring is 1. The molecule has 1 saturated heterocycles. The minimum absolute atomic E-state index is 0.377. The quantitative estimate of drug-likeness (QED) is 0.292. The lowest BCUT2D eigenvalue weighted by Crippen LogP contribution is -2.46. The molecule has 0 aliphatic carbocycles. The first-order valence-electron chi connectivity index (χ1n) is 14.5. The van der Waals surface area contributed by atoms with Crippen molar-refractivity contribution in [2.45, 2.75) is 6.54 Å². The van der Waals surface area contributed by atoms with Gasteiger partial charge in [0.25, 0.3) is 0 Å². The number of fused-ring (bicyclic) bond motifs is 1. The number of aromatic nitrogens is 6. The second-order valence-corrected chi connectivity index (χ2v) is 10.7. The van der Waals surface area contributed by atoms with E-state index < -0.39 is 0 Å². The summed E-state index contributed by atoms with van der Waals surface area (Å²) in [6.07, 6.45) is 3.11. The number of nitriles is 2.